The summed E-state index contributed by atoms with van der Waals surface area (Å²) in [6.07, 6.45) is -3.34. The SMILES string of the molecule is Fc1ccc(Nc2nc(N=NCc3ccc(Cl)c(Cl)c3)nc(NCc3ccc(Cl)nc3)n2)cc1C(F)(F)F. The summed E-state index contributed by atoms with van der Waals surface area (Å²) in [4.78, 5) is 16.4. The molecule has 15 heteroatoms. The summed E-state index contributed by atoms with van der Waals surface area (Å²) < 4.78 is 53.1. The van der Waals surface area contributed by atoms with Gasteiger partial charge < -0.3 is 10.6 Å². The van der Waals surface area contributed by atoms with Gasteiger partial charge in [-0.15, -0.1) is 5.11 Å². The summed E-state index contributed by atoms with van der Waals surface area (Å²) in [5, 5.41) is 14.7. The normalized spacial score (nSPS) is 11.7. The zero-order valence-electron chi connectivity index (χ0n) is 18.9. The average molecular weight is 586 g/mol. The second-order valence-corrected chi connectivity index (χ2v) is 8.79. The van der Waals surface area contributed by atoms with E-state index >= 15 is 0 Å². The molecule has 2 aromatic heterocycles. The first-order chi connectivity index (χ1) is 18.1. The molecule has 0 saturated heterocycles. The van der Waals surface area contributed by atoms with Crippen molar-refractivity contribution in [3.05, 3.63) is 92.4 Å². The second kappa shape index (κ2) is 11.8. The van der Waals surface area contributed by atoms with Crippen LogP contribution in [0.5, 0.6) is 0 Å². The smallest absolute Gasteiger partial charge is 0.350 e. The minimum atomic E-state index is -4.88. The number of hydrogen-bond acceptors (Lipinski definition) is 8. The number of benzene rings is 2. The number of halogens is 7. The van der Waals surface area contributed by atoms with E-state index in [4.69, 9.17) is 34.8 Å². The van der Waals surface area contributed by atoms with Crippen LogP contribution in [0.4, 0.5) is 41.1 Å². The monoisotopic (exact) mass is 584 g/mol. The average Bonchev–Trinajstić information content (AvgIpc) is 2.86. The second-order valence-electron chi connectivity index (χ2n) is 7.59. The molecule has 0 spiro atoms. The Hall–Kier alpha value is -3.61. The topological polar surface area (TPSA) is 100 Å². The van der Waals surface area contributed by atoms with E-state index in [1.807, 2.05) is 0 Å². The molecule has 0 atom stereocenters. The van der Waals surface area contributed by atoms with Crippen LogP contribution < -0.4 is 10.6 Å². The predicted octanol–water partition coefficient (Wildman–Crippen LogP) is 8.02. The summed E-state index contributed by atoms with van der Waals surface area (Å²) in [5.74, 6) is -1.66. The maximum atomic E-state index is 13.7. The van der Waals surface area contributed by atoms with Gasteiger partial charge in [0, 0.05) is 18.4 Å². The maximum absolute atomic E-state index is 13.7. The summed E-state index contributed by atoms with van der Waals surface area (Å²) in [6, 6.07) is 10.7. The van der Waals surface area contributed by atoms with Crippen molar-refractivity contribution < 1.29 is 17.6 Å². The number of alkyl halides is 3. The van der Waals surface area contributed by atoms with Crippen LogP contribution in [0.2, 0.25) is 15.2 Å². The Kier molecular flexibility index (Phi) is 8.55. The Labute approximate surface area is 228 Å². The highest BCUT2D eigenvalue weighted by Crippen LogP contribution is 2.33. The molecule has 0 aliphatic rings. The van der Waals surface area contributed by atoms with Gasteiger partial charge in [0.05, 0.1) is 22.2 Å². The molecule has 4 aromatic rings. The number of hydrogen-bond donors (Lipinski definition) is 2. The lowest BCUT2D eigenvalue weighted by Gasteiger charge is -2.12. The van der Waals surface area contributed by atoms with Gasteiger partial charge in [-0.3, -0.25) is 0 Å². The molecule has 0 fully saturated rings. The van der Waals surface area contributed by atoms with E-state index in [0.717, 1.165) is 17.2 Å². The Morgan fingerprint density at radius 2 is 1.61 bits per heavy atom. The molecule has 38 heavy (non-hydrogen) atoms. The van der Waals surface area contributed by atoms with Crippen molar-refractivity contribution in [3.8, 4) is 0 Å². The number of anilines is 3. The summed E-state index contributed by atoms with van der Waals surface area (Å²) in [7, 11) is 0. The predicted molar refractivity (Wildman–Crippen MR) is 136 cm³/mol. The highest BCUT2D eigenvalue weighted by Gasteiger charge is 2.34. The molecule has 196 valence electrons. The Bertz CT molecular complexity index is 1470. The zero-order valence-corrected chi connectivity index (χ0v) is 21.2. The van der Waals surface area contributed by atoms with Crippen LogP contribution >= 0.6 is 34.8 Å². The lowest BCUT2D eigenvalue weighted by atomic mass is 10.2. The molecule has 0 aliphatic heterocycles. The first-order valence-electron chi connectivity index (χ1n) is 10.6. The highest BCUT2D eigenvalue weighted by molar-refractivity contribution is 6.42. The molecule has 0 saturated carbocycles. The Balaban J connectivity index is 1.59. The third-order valence-corrected chi connectivity index (χ3v) is 5.75. The van der Waals surface area contributed by atoms with Crippen LogP contribution in [0.1, 0.15) is 16.7 Å². The number of nitrogens with zero attached hydrogens (tertiary/aromatic N) is 6. The van der Waals surface area contributed by atoms with Crippen molar-refractivity contribution in [1.29, 1.82) is 0 Å². The van der Waals surface area contributed by atoms with Crippen LogP contribution in [0.25, 0.3) is 0 Å². The van der Waals surface area contributed by atoms with Crippen molar-refractivity contribution in [3.63, 3.8) is 0 Å². The molecule has 2 aromatic carbocycles. The van der Waals surface area contributed by atoms with E-state index in [0.29, 0.717) is 27.3 Å². The lowest BCUT2D eigenvalue weighted by Crippen LogP contribution is -2.10. The van der Waals surface area contributed by atoms with Gasteiger partial charge in [-0.25, -0.2) is 9.37 Å². The van der Waals surface area contributed by atoms with E-state index in [-0.39, 0.29) is 36.6 Å². The number of azo groups is 1. The number of aromatic nitrogens is 4. The molecule has 2 heterocycles. The van der Waals surface area contributed by atoms with Gasteiger partial charge in [-0.1, -0.05) is 46.9 Å². The van der Waals surface area contributed by atoms with E-state index in [2.05, 4.69) is 40.8 Å². The van der Waals surface area contributed by atoms with Crippen molar-refractivity contribution >= 4 is 58.3 Å². The van der Waals surface area contributed by atoms with Gasteiger partial charge in [-0.2, -0.15) is 33.2 Å². The fourth-order valence-corrected chi connectivity index (χ4v) is 3.44. The molecule has 0 amide bonds. The molecule has 2 N–H and O–H groups in total. The van der Waals surface area contributed by atoms with E-state index in [1.54, 1.807) is 36.5 Å². The minimum Gasteiger partial charge on any atom is -0.350 e. The van der Waals surface area contributed by atoms with Crippen molar-refractivity contribution in [2.45, 2.75) is 19.3 Å². The summed E-state index contributed by atoms with van der Waals surface area (Å²) in [5.41, 5.74) is -0.0706. The first-order valence-corrected chi connectivity index (χ1v) is 11.8. The third-order valence-electron chi connectivity index (χ3n) is 4.79. The van der Waals surface area contributed by atoms with Gasteiger partial charge >= 0.3 is 6.18 Å². The summed E-state index contributed by atoms with van der Waals surface area (Å²) >= 11 is 17.7. The quantitative estimate of drug-likeness (QED) is 0.123. The van der Waals surface area contributed by atoms with Crippen molar-refractivity contribution in [1.82, 2.24) is 19.9 Å². The van der Waals surface area contributed by atoms with Gasteiger partial charge in [0.15, 0.2) is 0 Å². The molecule has 0 unspecified atom stereocenters. The number of nitrogens with one attached hydrogen (secondary N) is 2. The summed E-state index contributed by atoms with van der Waals surface area (Å²) in [6.45, 7) is 0.361. The first kappa shape index (κ1) is 27.4. The molecule has 0 bridgehead atoms. The van der Waals surface area contributed by atoms with Crippen molar-refractivity contribution in [2.75, 3.05) is 10.6 Å². The molecule has 0 radical (unpaired) electrons. The molecule has 0 aliphatic carbocycles. The van der Waals surface area contributed by atoms with E-state index in [1.165, 1.54) is 0 Å². The van der Waals surface area contributed by atoms with Gasteiger partial charge in [0.2, 0.25) is 11.9 Å². The molecule has 8 nitrogen and oxygen atoms in total. The van der Waals surface area contributed by atoms with E-state index in [9.17, 15) is 17.6 Å². The van der Waals surface area contributed by atoms with Crippen LogP contribution in [0, 0.1) is 5.82 Å². The largest absolute Gasteiger partial charge is 0.419 e. The van der Waals surface area contributed by atoms with Crippen LogP contribution in [-0.2, 0) is 19.3 Å². The third kappa shape index (κ3) is 7.46. The van der Waals surface area contributed by atoms with E-state index < -0.39 is 17.6 Å². The molecular formula is C23H15Cl3F4N8. The van der Waals surface area contributed by atoms with Crippen LogP contribution in [0.3, 0.4) is 0 Å². The zero-order chi connectivity index (χ0) is 27.3. The van der Waals surface area contributed by atoms with Crippen LogP contribution in [0.15, 0.2) is 65.0 Å². The van der Waals surface area contributed by atoms with Crippen LogP contribution in [-0.4, -0.2) is 19.9 Å². The number of pyridine rings is 1. The Morgan fingerprint density at radius 1 is 0.842 bits per heavy atom. The standard InChI is InChI=1S/C23H15Cl3F4N8/c24-16-4-1-12(7-17(16)25)11-33-38-22-36-20(32-10-13-2-6-19(26)31-9-13)35-21(37-22)34-14-3-5-18(27)15(8-14)23(28,29)30/h1-9H,10-11H2,(H2,32,34,35,36,37). The maximum Gasteiger partial charge on any atom is 0.419 e. The fourth-order valence-electron chi connectivity index (χ4n) is 3.00. The molecule has 4 rings (SSSR count). The van der Waals surface area contributed by atoms with Crippen molar-refractivity contribution in [2.24, 2.45) is 10.2 Å². The van der Waals surface area contributed by atoms with Gasteiger partial charge in [0.25, 0.3) is 5.95 Å². The Morgan fingerprint density at radius 3 is 2.32 bits per heavy atom. The fraction of sp³-hybridized carbons (Fsp3) is 0.130. The van der Waals surface area contributed by atoms with Gasteiger partial charge in [-0.05, 0) is 47.5 Å². The minimum absolute atomic E-state index is 0.0408. The highest BCUT2D eigenvalue weighted by atomic mass is 35.5. The number of rotatable bonds is 8. The molecular weight excluding hydrogens is 571 g/mol. The lowest BCUT2D eigenvalue weighted by molar-refractivity contribution is -0.139. The van der Waals surface area contributed by atoms with Gasteiger partial charge in [0.1, 0.15) is 11.0 Å².